The fourth-order valence-corrected chi connectivity index (χ4v) is 1.76. The number of nitrogens with zero attached hydrogens (tertiary/aromatic N) is 1. The van der Waals surface area contributed by atoms with Crippen LogP contribution in [0.15, 0.2) is 30.3 Å². The van der Waals surface area contributed by atoms with Crippen LogP contribution < -0.4 is 10.5 Å². The molecule has 3 N–H and O–H groups in total. The second-order valence-electron chi connectivity index (χ2n) is 3.86. The van der Waals surface area contributed by atoms with E-state index in [1.165, 1.54) is 24.3 Å². The molecule has 0 saturated carbocycles. The minimum atomic E-state index is -1.35. The van der Waals surface area contributed by atoms with Crippen molar-refractivity contribution in [2.45, 2.75) is 0 Å². The van der Waals surface area contributed by atoms with E-state index in [1.54, 1.807) is 0 Å². The first-order chi connectivity index (χ1) is 9.90. The molecule has 0 saturated heterocycles. The molecule has 0 radical (unpaired) electrons. The predicted molar refractivity (Wildman–Crippen MR) is 71.2 cm³/mol. The number of rotatable bonds is 4. The van der Waals surface area contributed by atoms with E-state index in [2.05, 4.69) is 4.98 Å². The number of carboxylic acid groups (broad SMARTS) is 1. The van der Waals surface area contributed by atoms with Crippen molar-refractivity contribution in [3.63, 3.8) is 0 Å². The molecule has 1 aromatic heterocycles. The minimum Gasteiger partial charge on any atom is -0.476 e. The molecule has 1 aromatic carbocycles. The van der Waals surface area contributed by atoms with Crippen molar-refractivity contribution in [1.29, 1.82) is 0 Å². The third kappa shape index (κ3) is 3.09. The van der Waals surface area contributed by atoms with E-state index in [9.17, 15) is 14.0 Å². The molecule has 1 heterocycles. The van der Waals surface area contributed by atoms with Crippen molar-refractivity contribution in [1.82, 2.24) is 4.98 Å². The lowest BCUT2D eigenvalue weighted by Gasteiger charge is -2.09. The number of hydrogen-bond donors (Lipinski definition) is 2. The van der Waals surface area contributed by atoms with Crippen molar-refractivity contribution in [3.8, 4) is 11.6 Å². The number of benzene rings is 1. The molecular formula is C13H8ClFN2O4. The lowest BCUT2D eigenvalue weighted by molar-refractivity contribution is 0.0689. The Bertz CT molecular complexity index is 736. The molecule has 0 aliphatic heterocycles. The van der Waals surface area contributed by atoms with Crippen LogP contribution in [0.25, 0.3) is 0 Å². The Balaban J connectivity index is 2.44. The molecule has 108 valence electrons. The molecule has 21 heavy (non-hydrogen) atoms. The summed E-state index contributed by atoms with van der Waals surface area (Å²) >= 11 is 5.67. The van der Waals surface area contributed by atoms with Crippen LogP contribution >= 0.6 is 11.6 Å². The van der Waals surface area contributed by atoms with Crippen molar-refractivity contribution in [3.05, 3.63) is 52.4 Å². The Hall–Kier alpha value is -2.67. The molecule has 0 spiro atoms. The maximum Gasteiger partial charge on any atom is 0.356 e. The summed E-state index contributed by atoms with van der Waals surface area (Å²) in [5.41, 5.74) is 4.20. The van der Waals surface area contributed by atoms with Crippen molar-refractivity contribution < 1.29 is 23.8 Å². The summed E-state index contributed by atoms with van der Waals surface area (Å²) in [6.07, 6.45) is 0. The normalized spacial score (nSPS) is 10.2. The first-order valence-corrected chi connectivity index (χ1v) is 5.94. The smallest absolute Gasteiger partial charge is 0.356 e. The van der Waals surface area contributed by atoms with Gasteiger partial charge in [0, 0.05) is 6.07 Å². The molecule has 0 aliphatic carbocycles. The van der Waals surface area contributed by atoms with Crippen molar-refractivity contribution in [2.75, 3.05) is 0 Å². The number of hydrogen-bond acceptors (Lipinski definition) is 4. The summed E-state index contributed by atoms with van der Waals surface area (Å²) in [6.45, 7) is 0. The van der Waals surface area contributed by atoms with Gasteiger partial charge in [0.2, 0.25) is 5.88 Å². The number of carboxylic acids is 1. The van der Waals surface area contributed by atoms with Gasteiger partial charge < -0.3 is 15.6 Å². The van der Waals surface area contributed by atoms with Crippen LogP contribution in [0.4, 0.5) is 4.39 Å². The Morgan fingerprint density at radius 2 is 2.00 bits per heavy atom. The number of aromatic carboxylic acids is 1. The monoisotopic (exact) mass is 310 g/mol. The quantitative estimate of drug-likeness (QED) is 0.903. The van der Waals surface area contributed by atoms with E-state index >= 15 is 0 Å². The molecular weight excluding hydrogens is 303 g/mol. The lowest BCUT2D eigenvalue weighted by Crippen LogP contribution is -2.14. The van der Waals surface area contributed by atoms with Gasteiger partial charge in [-0.05, 0) is 18.2 Å². The van der Waals surface area contributed by atoms with Gasteiger partial charge in [0.05, 0.1) is 5.02 Å². The van der Waals surface area contributed by atoms with Gasteiger partial charge >= 0.3 is 5.97 Å². The summed E-state index contributed by atoms with van der Waals surface area (Å²) in [7, 11) is 0. The molecule has 0 fully saturated rings. The van der Waals surface area contributed by atoms with Gasteiger partial charge in [-0.2, -0.15) is 0 Å². The van der Waals surface area contributed by atoms with Crippen LogP contribution in [0.1, 0.15) is 20.8 Å². The Kier molecular flexibility index (Phi) is 4.04. The van der Waals surface area contributed by atoms with Gasteiger partial charge in [0.1, 0.15) is 17.1 Å². The first-order valence-electron chi connectivity index (χ1n) is 5.56. The average Bonchev–Trinajstić information content (AvgIpc) is 2.40. The fraction of sp³-hybridized carbons (Fsp3) is 0. The molecule has 0 atom stereocenters. The summed E-state index contributed by atoms with van der Waals surface area (Å²) in [4.78, 5) is 25.8. The van der Waals surface area contributed by atoms with Gasteiger partial charge in [0.15, 0.2) is 5.69 Å². The zero-order valence-corrected chi connectivity index (χ0v) is 11.1. The van der Waals surface area contributed by atoms with Crippen LogP contribution in [-0.2, 0) is 0 Å². The Morgan fingerprint density at radius 1 is 1.29 bits per heavy atom. The van der Waals surface area contributed by atoms with Gasteiger partial charge in [-0.25, -0.2) is 14.2 Å². The zero-order chi connectivity index (χ0) is 15.6. The summed E-state index contributed by atoms with van der Waals surface area (Å²) in [6, 6.07) is 6.21. The SMILES string of the molecule is NC(=O)c1c(F)cccc1Oc1ccc(Cl)c(C(=O)O)n1. The van der Waals surface area contributed by atoms with Crippen molar-refractivity contribution >= 4 is 23.5 Å². The van der Waals surface area contributed by atoms with Crippen LogP contribution in [0.2, 0.25) is 5.02 Å². The second-order valence-corrected chi connectivity index (χ2v) is 4.27. The molecule has 8 heteroatoms. The maximum atomic E-state index is 13.6. The third-order valence-electron chi connectivity index (χ3n) is 2.46. The van der Waals surface area contributed by atoms with E-state index < -0.39 is 29.0 Å². The van der Waals surface area contributed by atoms with Crippen LogP contribution in [0.3, 0.4) is 0 Å². The van der Waals surface area contributed by atoms with Gasteiger partial charge in [0.25, 0.3) is 5.91 Å². The Labute approximate surface area is 122 Å². The van der Waals surface area contributed by atoms with E-state index in [0.29, 0.717) is 0 Å². The largest absolute Gasteiger partial charge is 0.476 e. The second kappa shape index (κ2) is 5.76. The number of carbonyl (C=O) groups is 2. The highest BCUT2D eigenvalue weighted by Crippen LogP contribution is 2.27. The standard InChI is InChI=1S/C13H8ClFN2O4/c14-6-4-5-9(17-11(6)13(19)20)21-8-3-1-2-7(15)10(8)12(16)18/h1-5H,(H2,16,18)(H,19,20). The third-order valence-corrected chi connectivity index (χ3v) is 2.76. The van der Waals surface area contributed by atoms with Crippen LogP contribution in [0, 0.1) is 5.82 Å². The molecule has 1 amide bonds. The highest BCUT2D eigenvalue weighted by molar-refractivity contribution is 6.33. The van der Waals surface area contributed by atoms with E-state index in [0.717, 1.165) is 6.07 Å². The highest BCUT2D eigenvalue weighted by atomic mass is 35.5. The number of aromatic nitrogens is 1. The molecule has 6 nitrogen and oxygen atoms in total. The average molecular weight is 311 g/mol. The minimum absolute atomic E-state index is 0.0794. The number of halogens is 2. The number of carbonyl (C=O) groups excluding carboxylic acids is 1. The molecule has 0 unspecified atom stereocenters. The predicted octanol–water partition coefficient (Wildman–Crippen LogP) is 2.46. The number of pyridine rings is 1. The first kappa shape index (κ1) is 14.7. The molecule has 2 rings (SSSR count). The molecule has 0 aliphatic rings. The zero-order valence-electron chi connectivity index (χ0n) is 10.3. The fourth-order valence-electron chi connectivity index (χ4n) is 1.57. The van der Waals surface area contributed by atoms with Gasteiger partial charge in [-0.3, -0.25) is 4.79 Å². The van der Waals surface area contributed by atoms with E-state index in [1.807, 2.05) is 0 Å². The van der Waals surface area contributed by atoms with E-state index in [4.69, 9.17) is 27.2 Å². The van der Waals surface area contributed by atoms with Gasteiger partial charge in [-0.15, -0.1) is 0 Å². The van der Waals surface area contributed by atoms with Crippen LogP contribution in [-0.4, -0.2) is 22.0 Å². The topological polar surface area (TPSA) is 103 Å². The summed E-state index contributed by atoms with van der Waals surface area (Å²) < 4.78 is 18.8. The van der Waals surface area contributed by atoms with Gasteiger partial charge in [-0.1, -0.05) is 17.7 Å². The number of primary amides is 1. The molecule has 0 bridgehead atoms. The van der Waals surface area contributed by atoms with Crippen LogP contribution in [0.5, 0.6) is 11.6 Å². The Morgan fingerprint density at radius 3 is 2.62 bits per heavy atom. The van der Waals surface area contributed by atoms with Crippen molar-refractivity contribution in [2.24, 2.45) is 5.73 Å². The maximum absolute atomic E-state index is 13.6. The number of ether oxygens (including phenoxy) is 1. The highest BCUT2D eigenvalue weighted by Gasteiger charge is 2.17. The number of nitrogens with two attached hydrogens (primary N) is 1. The lowest BCUT2D eigenvalue weighted by atomic mass is 10.2. The number of amides is 1. The molecule has 2 aromatic rings. The summed E-state index contributed by atoms with van der Waals surface area (Å²) in [5, 5.41) is 8.83. The summed E-state index contributed by atoms with van der Waals surface area (Å²) in [5.74, 6) is -3.55. The van der Waals surface area contributed by atoms with E-state index in [-0.39, 0.29) is 16.7 Å².